The molecule has 4 aliphatic rings. The predicted molar refractivity (Wildman–Crippen MR) is 478 cm³/mol. The largest absolute Gasteiger partial charge is 0.456 e. The summed E-state index contributed by atoms with van der Waals surface area (Å²) in [5, 5.41) is 99.9. The van der Waals surface area contributed by atoms with Crippen LogP contribution in [0.3, 0.4) is 0 Å². The average Bonchev–Trinajstić information content (AvgIpc) is 0.802. The van der Waals surface area contributed by atoms with Crippen LogP contribution in [0.15, 0.2) is 170 Å². The van der Waals surface area contributed by atoms with Crippen LogP contribution in [0.5, 0.6) is 46.0 Å². The second-order valence-electron chi connectivity index (χ2n) is 27.7. The van der Waals surface area contributed by atoms with Crippen molar-refractivity contribution < 1.29 is 140 Å². The molecule has 664 valence electrons. The molecule has 4 aliphatic heterocycles. The molecule has 4 aromatic heterocycles. The standard InChI is InChI=1S/C23H26N2O8.C23H28N2O6.C17H18N2O8.C17H20N2O6.I3.I2.HI/c1-13-14(2)23(31-16(4)27)20(12-30-15(3)26)33-22(13)17-6-5-7-18(10-17)32-19-8-9-21(24-11-19)25(28)29;1-13-14(2)23(29-16(4)27)20(12-28-15(3)26)31-22(13)17-6-5-7-18(10-17)30-19-8-9-21(24)25-11-19;20-8-12-14(21)15(22)16(23)17(27-12)9-2-1-3-10(6-9)26-11-4-5-13(18-7-11)19(24)25;18-13-5-4-11(7-19-13)24-10-3-1-2-9(6-10)17-16(23)15(22)14(21)12(8-20)25-17;1-3-2;1-2;/h5-11,13-14,20,22-23H,12H2,1-4H3;5-11,13-14,20,22-23H,12H2,1-4H3,(H2,24,25);1-7,12,14-17,20-23H,8H2;1-7,12,14-17,20-23H,8H2,(H2,18,19);;;1H/q;;;;-1;;/t2*13-,14+,20+,22?,23-;2*12-,14-,15+,16+,17?;;;/m0011.../s1. The second-order valence-corrected chi connectivity index (χ2v) is 43.9. The number of nitrogens with zero attached hydrogens (tertiary/aromatic N) is 6. The molecule has 36 nitrogen and oxygen atoms in total. The van der Waals surface area contributed by atoms with Crippen molar-refractivity contribution >= 4 is 146 Å². The minimum atomic E-state index is -1.48. The SMILES string of the molecule is CC(=O)OC[C@H]1OC(c2cccc(Oc3ccc(N)nc3)c2)[C@@H](C)[C@@H](C)[C@@H]1OC(C)=O.CC(=O)OC[C@H]1OC(c2cccc(Oc3ccc([N+](=O)[O-])nc3)c2)[C@@H](C)[C@@H](C)[C@@H]1OC(C)=O.I.II.I[I-]I.Nc1ccc(Oc2cccc(C3O[C@H](CO)[C@@H](O)[C@H](O)[C@@H]3O)c2)cn1.O=[N+]([O-])c1ccc(Oc2cccc(C3O[C@H](CO)[C@@H](O)[C@H](O)[C@@H]3O)c2)cn1. The zero-order chi connectivity index (χ0) is 88.9. The maximum Gasteiger partial charge on any atom is 0.363 e. The van der Waals surface area contributed by atoms with E-state index in [1.807, 2.05) is 70.2 Å². The maximum atomic E-state index is 11.6. The quantitative estimate of drug-likeness (QED) is 0.00993. The van der Waals surface area contributed by atoms with E-state index >= 15 is 0 Å². The van der Waals surface area contributed by atoms with E-state index in [2.05, 4.69) is 94.4 Å². The van der Waals surface area contributed by atoms with Crippen molar-refractivity contribution in [1.29, 1.82) is 0 Å². The number of nitrogens with two attached hydrogens (primary N) is 2. The van der Waals surface area contributed by atoms with E-state index < -0.39 is 132 Å². The fourth-order valence-corrected chi connectivity index (χ4v) is 13.1. The Labute approximate surface area is 771 Å². The van der Waals surface area contributed by atoms with Crippen LogP contribution in [-0.4, -0.2) is 194 Å². The van der Waals surface area contributed by atoms with Crippen molar-refractivity contribution in [1.82, 2.24) is 19.9 Å². The molecule has 4 fully saturated rings. The number of carbonyl (C=O) groups is 4. The first-order valence-electron chi connectivity index (χ1n) is 37.0. The number of anilines is 2. The van der Waals surface area contributed by atoms with Gasteiger partial charge in [0.25, 0.3) is 0 Å². The number of rotatable bonds is 22. The van der Waals surface area contributed by atoms with Crippen LogP contribution in [0.1, 0.15) is 102 Å². The van der Waals surface area contributed by atoms with Crippen molar-refractivity contribution in [2.75, 3.05) is 37.9 Å². The first kappa shape index (κ1) is 104. The Morgan fingerprint density at radius 2 is 0.689 bits per heavy atom. The zero-order valence-corrected chi connectivity index (χ0v) is 79.5. The average molecular weight is 2380 g/mol. The van der Waals surface area contributed by atoms with Crippen LogP contribution in [-0.2, 0) is 57.1 Å². The van der Waals surface area contributed by atoms with Gasteiger partial charge in [0.05, 0.1) is 37.8 Å². The third kappa shape index (κ3) is 30.6. The number of nitro groups is 2. The first-order chi connectivity index (χ1) is 57.7. The summed E-state index contributed by atoms with van der Waals surface area (Å²) in [4.78, 5) is 81.5. The summed E-state index contributed by atoms with van der Waals surface area (Å²) >= 11 is 9.54. The van der Waals surface area contributed by atoms with E-state index in [4.69, 9.17) is 68.3 Å². The number of esters is 4. The monoisotopic (exact) mass is 2380 g/mol. The van der Waals surface area contributed by atoms with Gasteiger partial charge in [0.2, 0.25) is 0 Å². The molecule has 0 saturated carbocycles. The van der Waals surface area contributed by atoms with E-state index in [9.17, 15) is 80.3 Å². The van der Waals surface area contributed by atoms with Gasteiger partial charge in [0, 0.05) is 88.9 Å². The topological polar surface area (TPSA) is 531 Å². The summed E-state index contributed by atoms with van der Waals surface area (Å²) in [7, 11) is 0. The Morgan fingerprint density at radius 1 is 0.410 bits per heavy atom. The van der Waals surface area contributed by atoms with Gasteiger partial charge in [-0.3, -0.25) is 19.2 Å². The Morgan fingerprint density at radius 3 is 0.934 bits per heavy atom. The van der Waals surface area contributed by atoms with Gasteiger partial charge < -0.3 is 129 Å². The van der Waals surface area contributed by atoms with Crippen LogP contribution in [0.25, 0.3) is 0 Å². The third-order valence-corrected chi connectivity index (χ3v) is 19.3. The molecule has 0 radical (unpaired) electrons. The molecule has 8 aromatic rings. The summed E-state index contributed by atoms with van der Waals surface area (Å²) in [5.41, 5.74) is 13.9. The van der Waals surface area contributed by atoms with Crippen LogP contribution < -0.4 is 43.7 Å². The fourth-order valence-electron chi connectivity index (χ4n) is 13.1. The Kier molecular flexibility index (Phi) is 43.7. The Balaban J connectivity index is 0.000000248. The van der Waals surface area contributed by atoms with Crippen LogP contribution in [0.4, 0.5) is 23.3 Å². The molecular weight excluding hydrogens is 2280 g/mol. The van der Waals surface area contributed by atoms with Crippen molar-refractivity contribution in [2.45, 2.75) is 153 Å². The fraction of sp³-hybridized carbons (Fsp3) is 0.400. The van der Waals surface area contributed by atoms with Crippen molar-refractivity contribution in [3.8, 4) is 46.0 Å². The Hall–Kier alpha value is -7.14. The molecule has 42 heteroatoms. The van der Waals surface area contributed by atoms with E-state index in [1.54, 1.807) is 85.1 Å². The summed E-state index contributed by atoms with van der Waals surface area (Å²) in [5.74, 6) is 2.08. The first-order valence-corrected chi connectivity index (χ1v) is 55.9. The van der Waals surface area contributed by atoms with Gasteiger partial charge in [-0.2, -0.15) is 0 Å². The summed E-state index contributed by atoms with van der Waals surface area (Å²) < 4.78 is 68.0. The smallest absolute Gasteiger partial charge is 0.363 e. The van der Waals surface area contributed by atoms with Gasteiger partial charge in [0.15, 0.2) is 23.9 Å². The zero-order valence-electron chi connectivity index (χ0n) is 66.4. The summed E-state index contributed by atoms with van der Waals surface area (Å²) in [6.07, 6.45) is -9.77. The van der Waals surface area contributed by atoms with Gasteiger partial charge in [0.1, 0.15) is 145 Å². The number of hydrogen-bond acceptors (Lipinski definition) is 34. The minimum Gasteiger partial charge on any atom is -0.456 e. The molecule has 8 heterocycles. The molecular formula is C80H93I6N8O28-. The number of aromatic nitrogens is 4. The maximum absolute atomic E-state index is 11.6. The molecule has 0 aliphatic carbocycles. The number of pyridine rings is 4. The number of benzene rings is 4. The van der Waals surface area contributed by atoms with E-state index in [1.165, 1.54) is 70.6 Å². The van der Waals surface area contributed by atoms with E-state index in [-0.39, 0.29) is 90.5 Å². The molecule has 4 unspecified atom stereocenters. The molecule has 12 N–H and O–H groups in total. The minimum absolute atomic E-state index is 0. The van der Waals surface area contributed by atoms with Gasteiger partial charge in [-0.05, 0) is 139 Å². The number of hydrogen-bond donors (Lipinski definition) is 10. The molecule has 12 rings (SSSR count). The number of nitrogen functional groups attached to an aromatic ring is 2. The van der Waals surface area contributed by atoms with E-state index in [0.717, 1.165) is 11.1 Å². The van der Waals surface area contributed by atoms with Gasteiger partial charge >= 0.3 is 86.0 Å². The van der Waals surface area contributed by atoms with Crippen molar-refractivity contribution in [2.24, 2.45) is 23.7 Å². The van der Waals surface area contributed by atoms with Gasteiger partial charge in [-0.15, -0.1) is 24.0 Å². The molecule has 0 amide bonds. The van der Waals surface area contributed by atoms with Crippen LogP contribution in [0, 0.1) is 43.9 Å². The summed E-state index contributed by atoms with van der Waals surface area (Å²) in [6.45, 7) is 12.3. The van der Waals surface area contributed by atoms with Crippen molar-refractivity contribution in [3.05, 3.63) is 213 Å². The molecule has 20 atom stereocenters. The molecule has 0 spiro atoms. The van der Waals surface area contributed by atoms with Crippen LogP contribution >= 0.6 is 98.4 Å². The van der Waals surface area contributed by atoms with Gasteiger partial charge in [-0.25, -0.2) is 9.97 Å². The van der Waals surface area contributed by atoms with E-state index in [0.29, 0.717) is 76.3 Å². The molecule has 0 bridgehead atoms. The van der Waals surface area contributed by atoms with Crippen molar-refractivity contribution in [3.63, 3.8) is 0 Å². The predicted octanol–water partition coefficient (Wildman–Crippen LogP) is 9.08. The molecule has 4 saturated heterocycles. The Bertz CT molecular complexity index is 4630. The number of carbonyl (C=O) groups excluding carboxylic acids is 4. The van der Waals surface area contributed by atoms with Crippen LogP contribution in [0.2, 0.25) is 0 Å². The summed E-state index contributed by atoms with van der Waals surface area (Å²) in [6, 6.07) is 40.1. The number of aliphatic hydroxyl groups is 8. The third-order valence-electron chi connectivity index (χ3n) is 19.3. The van der Waals surface area contributed by atoms with Gasteiger partial charge in [-0.1, -0.05) is 76.2 Å². The number of aliphatic hydroxyl groups excluding tert-OH is 8. The molecule has 122 heavy (non-hydrogen) atoms. The number of ether oxygens (including phenoxy) is 12. The normalized spacial score (nSPS) is 25.5. The number of halogens is 6. The second kappa shape index (κ2) is 51.5. The molecule has 4 aromatic carbocycles.